The van der Waals surface area contributed by atoms with Gasteiger partial charge in [-0.25, -0.2) is 4.79 Å². The second kappa shape index (κ2) is 10.3. The summed E-state index contributed by atoms with van der Waals surface area (Å²) < 4.78 is 11.7. The van der Waals surface area contributed by atoms with Gasteiger partial charge in [0.1, 0.15) is 11.5 Å². The Hall–Kier alpha value is -3.80. The predicted octanol–water partition coefficient (Wildman–Crippen LogP) is 5.18. The highest BCUT2D eigenvalue weighted by Gasteiger charge is 2.24. The largest absolute Gasteiger partial charge is 0.493 e. The highest BCUT2D eigenvalue weighted by molar-refractivity contribution is 6.02. The molecule has 3 rings (SSSR count). The fourth-order valence-corrected chi connectivity index (χ4v) is 2.89. The number of carbonyl (C=O) groups excluding carboxylic acids is 1. The van der Waals surface area contributed by atoms with Crippen LogP contribution in [0.25, 0.3) is 0 Å². The van der Waals surface area contributed by atoms with E-state index < -0.39 is 18.0 Å². The number of carbonyl (C=O) groups is 2. The molecule has 0 saturated carbocycles. The van der Waals surface area contributed by atoms with Gasteiger partial charge >= 0.3 is 5.97 Å². The van der Waals surface area contributed by atoms with Crippen LogP contribution < -0.4 is 14.8 Å². The van der Waals surface area contributed by atoms with Crippen LogP contribution >= 0.6 is 0 Å². The third-order valence-corrected chi connectivity index (χ3v) is 4.42. The van der Waals surface area contributed by atoms with Crippen LogP contribution in [-0.4, -0.2) is 23.6 Å². The van der Waals surface area contributed by atoms with Crippen molar-refractivity contribution >= 4 is 17.6 Å². The molecule has 2 N–H and O–H groups in total. The first kappa shape index (κ1) is 21.9. The Morgan fingerprint density at radius 2 is 1.48 bits per heavy atom. The van der Waals surface area contributed by atoms with Crippen molar-refractivity contribution in [1.82, 2.24) is 0 Å². The van der Waals surface area contributed by atoms with Crippen LogP contribution in [0.5, 0.6) is 11.5 Å². The minimum atomic E-state index is -1.12. The number of nitrogens with one attached hydrogen (secondary N) is 1. The van der Waals surface area contributed by atoms with Gasteiger partial charge in [-0.05, 0) is 42.3 Å². The first-order chi connectivity index (χ1) is 14.9. The van der Waals surface area contributed by atoms with Gasteiger partial charge in [0.15, 0.2) is 0 Å². The number of carboxylic acid groups (broad SMARTS) is 1. The van der Waals surface area contributed by atoms with Crippen molar-refractivity contribution in [3.05, 3.63) is 90.0 Å². The SMILES string of the molecule is CC(C)COc1ccc(OC(C(=O)Nc2ccccc2C(=O)O)c2ccccc2)cc1. The summed E-state index contributed by atoms with van der Waals surface area (Å²) in [5.41, 5.74) is 0.865. The van der Waals surface area contributed by atoms with Crippen LogP contribution in [0.2, 0.25) is 0 Å². The number of hydrogen-bond donors (Lipinski definition) is 2. The van der Waals surface area contributed by atoms with E-state index in [1.807, 2.05) is 18.2 Å². The third kappa shape index (κ3) is 6.09. The average molecular weight is 419 g/mol. The zero-order valence-electron chi connectivity index (χ0n) is 17.4. The second-order valence-electron chi connectivity index (χ2n) is 7.42. The maximum absolute atomic E-state index is 13.1. The average Bonchev–Trinajstić information content (AvgIpc) is 2.77. The number of anilines is 1. The number of rotatable bonds is 9. The monoisotopic (exact) mass is 419 g/mol. The van der Waals surface area contributed by atoms with Crippen molar-refractivity contribution in [2.24, 2.45) is 5.92 Å². The molecule has 0 spiro atoms. The maximum Gasteiger partial charge on any atom is 0.337 e. The van der Waals surface area contributed by atoms with Gasteiger partial charge in [0, 0.05) is 5.56 Å². The van der Waals surface area contributed by atoms with Gasteiger partial charge in [-0.3, -0.25) is 4.79 Å². The molecule has 6 heteroatoms. The van der Waals surface area contributed by atoms with Gasteiger partial charge in [0.05, 0.1) is 17.9 Å². The van der Waals surface area contributed by atoms with Crippen LogP contribution in [-0.2, 0) is 4.79 Å². The van der Waals surface area contributed by atoms with Gasteiger partial charge in [-0.1, -0.05) is 56.3 Å². The van der Waals surface area contributed by atoms with E-state index >= 15 is 0 Å². The molecule has 1 unspecified atom stereocenters. The van der Waals surface area contributed by atoms with E-state index in [2.05, 4.69) is 19.2 Å². The van der Waals surface area contributed by atoms with Gasteiger partial charge in [-0.2, -0.15) is 0 Å². The van der Waals surface area contributed by atoms with Crippen LogP contribution in [0.15, 0.2) is 78.9 Å². The quantitative estimate of drug-likeness (QED) is 0.499. The Morgan fingerprint density at radius 3 is 2.13 bits per heavy atom. The summed E-state index contributed by atoms with van der Waals surface area (Å²) in [6, 6.07) is 22.4. The lowest BCUT2D eigenvalue weighted by atomic mass is 10.1. The van der Waals surface area contributed by atoms with Crippen molar-refractivity contribution in [2.75, 3.05) is 11.9 Å². The van der Waals surface area contributed by atoms with Crippen LogP contribution in [0, 0.1) is 5.92 Å². The van der Waals surface area contributed by atoms with Crippen molar-refractivity contribution < 1.29 is 24.2 Å². The van der Waals surface area contributed by atoms with Crippen LogP contribution in [0.3, 0.4) is 0 Å². The maximum atomic E-state index is 13.1. The van der Waals surface area contributed by atoms with E-state index in [0.29, 0.717) is 23.8 Å². The van der Waals surface area contributed by atoms with E-state index in [0.717, 1.165) is 5.75 Å². The second-order valence-corrected chi connectivity index (χ2v) is 7.42. The number of para-hydroxylation sites is 1. The van der Waals surface area contributed by atoms with E-state index in [-0.39, 0.29) is 11.3 Å². The molecule has 3 aromatic rings. The topological polar surface area (TPSA) is 84.9 Å². The first-order valence-electron chi connectivity index (χ1n) is 10.0. The van der Waals surface area contributed by atoms with Gasteiger partial charge in [-0.15, -0.1) is 0 Å². The number of hydrogen-bond acceptors (Lipinski definition) is 4. The van der Waals surface area contributed by atoms with E-state index in [1.165, 1.54) is 6.07 Å². The van der Waals surface area contributed by atoms with Crippen LogP contribution in [0.1, 0.15) is 35.9 Å². The number of ether oxygens (including phenoxy) is 2. The summed E-state index contributed by atoms with van der Waals surface area (Å²) in [5.74, 6) is 0.0328. The molecule has 0 saturated heterocycles. The molecule has 1 atom stereocenters. The smallest absolute Gasteiger partial charge is 0.337 e. The number of benzene rings is 3. The van der Waals surface area contributed by atoms with E-state index in [1.54, 1.807) is 54.6 Å². The molecule has 0 aliphatic heterocycles. The Labute approximate surface area is 181 Å². The van der Waals surface area contributed by atoms with Crippen molar-refractivity contribution in [1.29, 1.82) is 0 Å². The third-order valence-electron chi connectivity index (χ3n) is 4.42. The molecule has 0 bridgehead atoms. The Balaban J connectivity index is 1.81. The van der Waals surface area contributed by atoms with Crippen molar-refractivity contribution in [3.8, 4) is 11.5 Å². The molecule has 1 amide bonds. The van der Waals surface area contributed by atoms with E-state index in [9.17, 15) is 14.7 Å². The standard InChI is InChI=1S/C25H25NO5/c1-17(2)16-30-19-12-14-20(15-13-19)31-23(18-8-4-3-5-9-18)24(27)26-22-11-7-6-10-21(22)25(28)29/h3-15,17,23H,16H2,1-2H3,(H,26,27)(H,28,29). The highest BCUT2D eigenvalue weighted by atomic mass is 16.5. The molecule has 0 aliphatic rings. The Bertz CT molecular complexity index is 1020. The normalized spacial score (nSPS) is 11.6. The fraction of sp³-hybridized carbons (Fsp3) is 0.200. The number of aromatic carboxylic acids is 1. The van der Waals surface area contributed by atoms with Gasteiger partial charge < -0.3 is 19.9 Å². The zero-order chi connectivity index (χ0) is 22.2. The van der Waals surface area contributed by atoms with Crippen LogP contribution in [0.4, 0.5) is 5.69 Å². The molecule has 0 fully saturated rings. The lowest BCUT2D eigenvalue weighted by molar-refractivity contribution is -0.123. The molecule has 0 heterocycles. The Morgan fingerprint density at radius 1 is 0.871 bits per heavy atom. The molecule has 3 aromatic carbocycles. The molecule has 6 nitrogen and oxygen atoms in total. The summed E-state index contributed by atoms with van der Waals surface area (Å²) in [5, 5.41) is 12.1. The van der Waals surface area contributed by atoms with Crippen molar-refractivity contribution in [2.45, 2.75) is 20.0 Å². The molecule has 31 heavy (non-hydrogen) atoms. The summed E-state index contributed by atoms with van der Waals surface area (Å²) in [7, 11) is 0. The number of carboxylic acids is 1. The van der Waals surface area contributed by atoms with Gasteiger partial charge in [0.25, 0.3) is 5.91 Å². The molecule has 160 valence electrons. The Kier molecular flexibility index (Phi) is 7.27. The highest BCUT2D eigenvalue weighted by Crippen LogP contribution is 2.26. The fourth-order valence-electron chi connectivity index (χ4n) is 2.89. The number of amides is 1. The van der Waals surface area contributed by atoms with E-state index in [4.69, 9.17) is 9.47 Å². The summed E-state index contributed by atoms with van der Waals surface area (Å²) >= 11 is 0. The summed E-state index contributed by atoms with van der Waals surface area (Å²) in [4.78, 5) is 24.5. The molecule has 0 aliphatic carbocycles. The molecule has 0 aromatic heterocycles. The zero-order valence-corrected chi connectivity index (χ0v) is 17.4. The summed E-state index contributed by atoms with van der Waals surface area (Å²) in [6.45, 7) is 4.75. The van der Waals surface area contributed by atoms with Gasteiger partial charge in [0.2, 0.25) is 6.10 Å². The first-order valence-corrected chi connectivity index (χ1v) is 10.0. The molecular formula is C25H25NO5. The molecule has 0 radical (unpaired) electrons. The predicted molar refractivity (Wildman–Crippen MR) is 119 cm³/mol. The lowest BCUT2D eigenvalue weighted by Crippen LogP contribution is -2.26. The molecular weight excluding hydrogens is 394 g/mol. The minimum Gasteiger partial charge on any atom is -0.493 e. The van der Waals surface area contributed by atoms with Crippen molar-refractivity contribution in [3.63, 3.8) is 0 Å². The minimum absolute atomic E-state index is 0.00863. The summed E-state index contributed by atoms with van der Waals surface area (Å²) in [6.07, 6.45) is -0.967. The lowest BCUT2D eigenvalue weighted by Gasteiger charge is -2.20.